The molecular weight excluding hydrogens is 192 g/mol. The van der Waals surface area contributed by atoms with Crippen molar-refractivity contribution in [2.45, 2.75) is 25.5 Å². The zero-order valence-corrected chi connectivity index (χ0v) is 8.67. The molecule has 0 aliphatic heterocycles. The van der Waals surface area contributed by atoms with Crippen LogP contribution < -0.4 is 0 Å². The Balaban J connectivity index is 3.78. The lowest BCUT2D eigenvalue weighted by atomic mass is 10.3. The molecule has 0 fully saturated rings. The smallest absolute Gasteiger partial charge is 0.319 e. The van der Waals surface area contributed by atoms with Gasteiger partial charge < -0.3 is 9.47 Å². The number of thiol groups is 1. The van der Waals surface area contributed by atoms with E-state index in [4.69, 9.17) is 0 Å². The first-order chi connectivity index (χ1) is 6.11. The Bertz CT molecular complexity index is 181. The predicted octanol–water partition coefficient (Wildman–Crippen LogP) is 0.801. The van der Waals surface area contributed by atoms with Crippen molar-refractivity contribution in [3.63, 3.8) is 0 Å². The van der Waals surface area contributed by atoms with Crippen molar-refractivity contribution in [1.82, 2.24) is 0 Å². The second kappa shape index (κ2) is 6.77. The fourth-order valence-electron chi connectivity index (χ4n) is 0.700. The summed E-state index contributed by atoms with van der Waals surface area (Å²) in [6.45, 7) is 4.00. The zero-order chi connectivity index (χ0) is 10.3. The van der Waals surface area contributed by atoms with Crippen molar-refractivity contribution < 1.29 is 19.1 Å². The van der Waals surface area contributed by atoms with E-state index in [9.17, 15) is 9.59 Å². The van der Waals surface area contributed by atoms with Gasteiger partial charge in [-0.2, -0.15) is 12.6 Å². The second-order valence-electron chi connectivity index (χ2n) is 2.28. The Kier molecular flexibility index (Phi) is 6.40. The van der Waals surface area contributed by atoms with Crippen molar-refractivity contribution in [1.29, 1.82) is 0 Å². The Morgan fingerprint density at radius 2 is 1.77 bits per heavy atom. The molecule has 0 heterocycles. The predicted molar refractivity (Wildman–Crippen MR) is 50.7 cm³/mol. The van der Waals surface area contributed by atoms with Crippen molar-refractivity contribution >= 4 is 24.6 Å². The highest BCUT2D eigenvalue weighted by molar-refractivity contribution is 7.81. The lowest BCUT2D eigenvalue weighted by molar-refractivity contribution is -0.149. The van der Waals surface area contributed by atoms with Gasteiger partial charge in [0.1, 0.15) is 5.25 Å². The van der Waals surface area contributed by atoms with Crippen LogP contribution >= 0.6 is 12.6 Å². The van der Waals surface area contributed by atoms with Crippen molar-refractivity contribution in [2.75, 3.05) is 13.2 Å². The van der Waals surface area contributed by atoms with Gasteiger partial charge in [-0.15, -0.1) is 0 Å². The first-order valence-corrected chi connectivity index (χ1v) is 4.63. The average molecular weight is 206 g/mol. The summed E-state index contributed by atoms with van der Waals surface area (Å²) >= 11 is 3.92. The normalized spacial score (nSPS) is 11.9. The quantitative estimate of drug-likeness (QED) is 0.534. The number of rotatable bonds is 5. The summed E-state index contributed by atoms with van der Waals surface area (Å²) in [5.74, 6) is -0.922. The third-order valence-electron chi connectivity index (χ3n) is 1.22. The van der Waals surface area contributed by atoms with Crippen LogP contribution in [0, 0.1) is 0 Å². The van der Waals surface area contributed by atoms with Gasteiger partial charge in [-0.25, -0.2) is 0 Å². The number of hydrogen-bond donors (Lipinski definition) is 1. The van der Waals surface area contributed by atoms with Gasteiger partial charge in [0, 0.05) is 0 Å². The van der Waals surface area contributed by atoms with E-state index < -0.39 is 17.2 Å². The summed E-state index contributed by atoms with van der Waals surface area (Å²) in [7, 11) is 0. The largest absolute Gasteiger partial charge is 0.466 e. The topological polar surface area (TPSA) is 52.6 Å². The van der Waals surface area contributed by atoms with Crippen LogP contribution in [0.25, 0.3) is 0 Å². The summed E-state index contributed by atoms with van der Waals surface area (Å²) in [4.78, 5) is 21.9. The van der Waals surface area contributed by atoms with Gasteiger partial charge in [0.25, 0.3) is 0 Å². The summed E-state index contributed by atoms with van der Waals surface area (Å²) in [6.07, 6.45) is -0.0458. The van der Waals surface area contributed by atoms with Gasteiger partial charge >= 0.3 is 11.9 Å². The summed E-state index contributed by atoms with van der Waals surface area (Å²) in [5, 5.41) is -0.723. The molecule has 0 aromatic carbocycles. The molecule has 1 unspecified atom stereocenters. The molecule has 0 bridgehead atoms. The molecule has 0 saturated heterocycles. The average Bonchev–Trinajstić information content (AvgIpc) is 2.05. The molecule has 76 valence electrons. The van der Waals surface area contributed by atoms with Gasteiger partial charge in [-0.3, -0.25) is 9.59 Å². The monoisotopic (exact) mass is 206 g/mol. The van der Waals surface area contributed by atoms with E-state index in [1.807, 2.05) is 0 Å². The number of hydrogen-bond acceptors (Lipinski definition) is 5. The maximum absolute atomic E-state index is 11.0. The van der Waals surface area contributed by atoms with E-state index in [0.29, 0.717) is 13.2 Å². The number of carbonyl (C=O) groups is 2. The molecule has 13 heavy (non-hydrogen) atoms. The van der Waals surface area contributed by atoms with Crippen molar-refractivity contribution in [3.8, 4) is 0 Å². The van der Waals surface area contributed by atoms with E-state index in [-0.39, 0.29) is 6.42 Å². The minimum atomic E-state index is -0.723. The fraction of sp³-hybridized carbons (Fsp3) is 0.750. The molecule has 0 amide bonds. The third kappa shape index (κ3) is 5.52. The summed E-state index contributed by atoms with van der Waals surface area (Å²) < 4.78 is 9.30. The molecule has 0 radical (unpaired) electrons. The van der Waals surface area contributed by atoms with Crippen molar-refractivity contribution in [2.24, 2.45) is 0 Å². The molecule has 0 aromatic heterocycles. The standard InChI is InChI=1S/C8H14O4S/c1-3-11-7(9)5-6(13)8(10)12-4-2/h6,13H,3-5H2,1-2H3. The Morgan fingerprint density at radius 1 is 1.23 bits per heavy atom. The Morgan fingerprint density at radius 3 is 2.23 bits per heavy atom. The van der Waals surface area contributed by atoms with Crippen LogP contribution in [0.15, 0.2) is 0 Å². The van der Waals surface area contributed by atoms with E-state index in [1.54, 1.807) is 13.8 Å². The molecule has 0 aromatic rings. The third-order valence-corrected chi connectivity index (χ3v) is 1.62. The number of esters is 2. The highest BCUT2D eigenvalue weighted by atomic mass is 32.1. The Hall–Kier alpha value is -0.710. The van der Waals surface area contributed by atoms with Crippen LogP contribution in [0.2, 0.25) is 0 Å². The van der Waals surface area contributed by atoms with E-state index >= 15 is 0 Å². The van der Waals surface area contributed by atoms with Crippen molar-refractivity contribution in [3.05, 3.63) is 0 Å². The van der Waals surface area contributed by atoms with Crippen LogP contribution in [0.1, 0.15) is 20.3 Å². The maximum Gasteiger partial charge on any atom is 0.319 e. The van der Waals surface area contributed by atoms with Crippen LogP contribution in [0.4, 0.5) is 0 Å². The first kappa shape index (κ1) is 12.3. The first-order valence-electron chi connectivity index (χ1n) is 4.12. The molecule has 0 N–H and O–H groups in total. The lowest BCUT2D eigenvalue weighted by Gasteiger charge is -2.08. The molecule has 0 aliphatic carbocycles. The highest BCUT2D eigenvalue weighted by Gasteiger charge is 2.19. The maximum atomic E-state index is 11.0. The fourth-order valence-corrected chi connectivity index (χ4v) is 0.923. The SMILES string of the molecule is CCOC(=O)CC(S)C(=O)OCC. The molecule has 5 heteroatoms. The summed E-state index contributed by atoms with van der Waals surface area (Å²) in [5.41, 5.74) is 0. The minimum Gasteiger partial charge on any atom is -0.466 e. The van der Waals surface area contributed by atoms with Gasteiger partial charge in [0.2, 0.25) is 0 Å². The van der Waals surface area contributed by atoms with Gasteiger partial charge in [0.05, 0.1) is 19.6 Å². The van der Waals surface area contributed by atoms with E-state index in [0.717, 1.165) is 0 Å². The summed E-state index contributed by atoms with van der Waals surface area (Å²) in [6, 6.07) is 0. The van der Waals surface area contributed by atoms with Gasteiger partial charge in [0.15, 0.2) is 0 Å². The van der Waals surface area contributed by atoms with E-state index in [1.165, 1.54) is 0 Å². The van der Waals surface area contributed by atoms with Crippen LogP contribution in [-0.4, -0.2) is 30.4 Å². The number of ether oxygens (including phenoxy) is 2. The van der Waals surface area contributed by atoms with Gasteiger partial charge in [-0.1, -0.05) is 0 Å². The molecule has 1 atom stereocenters. The molecule has 0 rings (SSSR count). The number of carbonyl (C=O) groups excluding carboxylic acids is 2. The lowest BCUT2D eigenvalue weighted by Crippen LogP contribution is -2.22. The van der Waals surface area contributed by atoms with Crippen LogP contribution in [-0.2, 0) is 19.1 Å². The Labute approximate surface area is 83.0 Å². The van der Waals surface area contributed by atoms with Crippen LogP contribution in [0.3, 0.4) is 0 Å². The van der Waals surface area contributed by atoms with E-state index in [2.05, 4.69) is 22.1 Å². The second-order valence-corrected chi connectivity index (χ2v) is 2.90. The molecule has 0 aliphatic rings. The highest BCUT2D eigenvalue weighted by Crippen LogP contribution is 2.05. The molecular formula is C8H14O4S. The van der Waals surface area contributed by atoms with Crippen LogP contribution in [0.5, 0.6) is 0 Å². The minimum absolute atomic E-state index is 0.0458. The zero-order valence-electron chi connectivity index (χ0n) is 7.78. The molecule has 0 saturated carbocycles. The molecule has 4 nitrogen and oxygen atoms in total. The molecule has 0 spiro atoms. The van der Waals surface area contributed by atoms with Gasteiger partial charge in [-0.05, 0) is 13.8 Å².